The summed E-state index contributed by atoms with van der Waals surface area (Å²) in [5.74, 6) is -0.0327. The zero-order valence-corrected chi connectivity index (χ0v) is 20.4. The molecule has 9 heteroatoms. The molecule has 0 saturated carbocycles. The molecule has 0 spiro atoms. The monoisotopic (exact) mass is 473 g/mol. The van der Waals surface area contributed by atoms with Gasteiger partial charge in [0.2, 0.25) is 0 Å². The highest BCUT2D eigenvalue weighted by molar-refractivity contribution is 5.95. The fourth-order valence-electron chi connectivity index (χ4n) is 4.26. The zero-order chi connectivity index (χ0) is 24.7. The second-order valence-electron chi connectivity index (χ2n) is 8.68. The van der Waals surface area contributed by atoms with Gasteiger partial charge in [0, 0.05) is 12.2 Å². The summed E-state index contributed by atoms with van der Waals surface area (Å²) in [6.07, 6.45) is 1.39. The normalized spacial score (nSPS) is 19.4. The number of piperidine rings is 1. The Labute approximate surface area is 200 Å². The van der Waals surface area contributed by atoms with Crippen molar-refractivity contribution in [3.63, 3.8) is 0 Å². The number of esters is 2. The molecule has 34 heavy (non-hydrogen) atoms. The highest BCUT2D eigenvalue weighted by Gasteiger charge is 2.35. The summed E-state index contributed by atoms with van der Waals surface area (Å²) in [5, 5.41) is 5.67. The number of carbonyl (C=O) groups is 3. The minimum Gasteiger partial charge on any atom is -0.491 e. The van der Waals surface area contributed by atoms with Crippen molar-refractivity contribution < 1.29 is 28.6 Å². The maximum Gasteiger partial charge on any atom is 0.338 e. The number of rotatable bonds is 9. The molecule has 1 saturated heterocycles. The minimum atomic E-state index is -0.645. The number of likely N-dealkylation sites (tertiary alicyclic amines) is 1. The van der Waals surface area contributed by atoms with Gasteiger partial charge in [0.25, 0.3) is 0 Å². The first-order chi connectivity index (χ1) is 16.3. The van der Waals surface area contributed by atoms with Crippen LogP contribution in [0.2, 0.25) is 0 Å². The molecule has 1 fully saturated rings. The van der Waals surface area contributed by atoms with E-state index in [1.54, 1.807) is 13.8 Å². The maximum atomic E-state index is 13.0. The predicted molar refractivity (Wildman–Crippen MR) is 126 cm³/mol. The van der Waals surface area contributed by atoms with Gasteiger partial charge in [-0.05, 0) is 71.3 Å². The van der Waals surface area contributed by atoms with Crippen molar-refractivity contribution >= 4 is 18.0 Å². The van der Waals surface area contributed by atoms with Gasteiger partial charge in [-0.2, -0.15) is 0 Å². The molecule has 0 aromatic heterocycles. The molecule has 2 heterocycles. The molecule has 3 rings (SSSR count). The van der Waals surface area contributed by atoms with Gasteiger partial charge in [0.05, 0.1) is 36.9 Å². The first-order valence-electron chi connectivity index (χ1n) is 12.0. The molecule has 2 amide bonds. The quantitative estimate of drug-likeness (QED) is 0.531. The molecular formula is C25H35N3O6. The molecule has 1 aromatic rings. The average molecular weight is 474 g/mol. The zero-order valence-electron chi connectivity index (χ0n) is 20.4. The van der Waals surface area contributed by atoms with Crippen molar-refractivity contribution in [1.82, 2.24) is 15.5 Å². The van der Waals surface area contributed by atoms with Gasteiger partial charge in [0.15, 0.2) is 0 Å². The van der Waals surface area contributed by atoms with E-state index in [-0.39, 0.29) is 30.6 Å². The van der Waals surface area contributed by atoms with E-state index in [9.17, 15) is 14.4 Å². The number of amides is 2. The van der Waals surface area contributed by atoms with Gasteiger partial charge >= 0.3 is 18.0 Å². The number of carbonyl (C=O) groups excluding carboxylic acids is 3. The number of benzene rings is 1. The van der Waals surface area contributed by atoms with E-state index in [1.807, 2.05) is 38.1 Å². The number of hydrogen-bond donors (Lipinski definition) is 2. The number of ether oxygens (including phenoxy) is 3. The molecule has 1 atom stereocenters. The lowest BCUT2D eigenvalue weighted by molar-refractivity contribution is -0.149. The third-order valence-electron chi connectivity index (χ3n) is 5.82. The largest absolute Gasteiger partial charge is 0.491 e. The van der Waals surface area contributed by atoms with Crippen LogP contribution in [0.4, 0.5) is 4.79 Å². The fraction of sp³-hybridized carbons (Fsp3) is 0.560. The van der Waals surface area contributed by atoms with Crippen molar-refractivity contribution in [1.29, 1.82) is 0 Å². The molecule has 186 valence electrons. The molecule has 0 aliphatic carbocycles. The standard InChI is InChI=1S/C25H35N3O6/c1-5-32-23(29)18-11-13-28(14-12-18)15-20-21(24(30)33-6-2)22(27-25(31)26-20)17-7-9-19(10-8-17)34-16(3)4/h7-10,16,18,22H,5-6,11-15H2,1-4H3,(H2,26,27,31)/t22-/m1/s1. The smallest absolute Gasteiger partial charge is 0.338 e. The van der Waals surface area contributed by atoms with E-state index in [0.29, 0.717) is 56.1 Å². The first kappa shape index (κ1) is 25.6. The Morgan fingerprint density at radius 3 is 2.29 bits per heavy atom. The van der Waals surface area contributed by atoms with Crippen LogP contribution in [0.15, 0.2) is 35.5 Å². The molecule has 0 bridgehead atoms. The highest BCUT2D eigenvalue weighted by Crippen LogP contribution is 2.30. The third-order valence-corrected chi connectivity index (χ3v) is 5.82. The average Bonchev–Trinajstić information content (AvgIpc) is 2.79. The second-order valence-corrected chi connectivity index (χ2v) is 8.68. The van der Waals surface area contributed by atoms with E-state index in [0.717, 1.165) is 5.56 Å². The van der Waals surface area contributed by atoms with Gasteiger partial charge in [-0.15, -0.1) is 0 Å². The van der Waals surface area contributed by atoms with E-state index in [1.165, 1.54) is 0 Å². The minimum absolute atomic E-state index is 0.0407. The number of nitrogens with zero attached hydrogens (tertiary/aromatic N) is 1. The van der Waals surface area contributed by atoms with E-state index >= 15 is 0 Å². The van der Waals surface area contributed by atoms with E-state index in [4.69, 9.17) is 14.2 Å². The SMILES string of the molecule is CCOC(=O)C1=C(CN2CCC(C(=O)OCC)CC2)NC(=O)N[C@@H]1c1ccc(OC(C)C)cc1. The van der Waals surface area contributed by atoms with Crippen molar-refractivity contribution in [2.75, 3.05) is 32.8 Å². The molecule has 2 aliphatic heterocycles. The Morgan fingerprint density at radius 2 is 1.71 bits per heavy atom. The van der Waals surface area contributed by atoms with Gasteiger partial charge in [-0.25, -0.2) is 9.59 Å². The second kappa shape index (κ2) is 11.9. The molecule has 1 aromatic carbocycles. The first-order valence-corrected chi connectivity index (χ1v) is 12.0. The van der Waals surface area contributed by atoms with Gasteiger partial charge in [-0.1, -0.05) is 12.1 Å². The van der Waals surface area contributed by atoms with Crippen molar-refractivity contribution in [3.05, 3.63) is 41.1 Å². The van der Waals surface area contributed by atoms with Crippen LogP contribution < -0.4 is 15.4 Å². The molecule has 2 N–H and O–H groups in total. The summed E-state index contributed by atoms with van der Waals surface area (Å²) < 4.78 is 16.2. The Hall–Kier alpha value is -3.07. The Bertz CT molecular complexity index is 904. The van der Waals surface area contributed by atoms with Crippen LogP contribution in [0.3, 0.4) is 0 Å². The van der Waals surface area contributed by atoms with Crippen LogP contribution in [0, 0.1) is 5.92 Å². The summed E-state index contributed by atoms with van der Waals surface area (Å²) in [4.78, 5) is 39.7. The molecule has 9 nitrogen and oxygen atoms in total. The van der Waals surface area contributed by atoms with Crippen LogP contribution in [0.25, 0.3) is 0 Å². The summed E-state index contributed by atoms with van der Waals surface area (Å²) >= 11 is 0. The van der Waals surface area contributed by atoms with E-state index < -0.39 is 12.0 Å². The summed E-state index contributed by atoms with van der Waals surface area (Å²) in [7, 11) is 0. The number of hydrogen-bond acceptors (Lipinski definition) is 7. The molecule has 2 aliphatic rings. The Balaban J connectivity index is 1.82. The molecule has 0 unspecified atom stereocenters. The summed E-state index contributed by atoms with van der Waals surface area (Å²) in [6.45, 7) is 9.76. The van der Waals surface area contributed by atoms with Crippen LogP contribution in [-0.2, 0) is 19.1 Å². The van der Waals surface area contributed by atoms with Crippen molar-refractivity contribution in [2.24, 2.45) is 5.92 Å². The number of urea groups is 1. The lowest BCUT2D eigenvalue weighted by atomic mass is 9.93. The summed E-state index contributed by atoms with van der Waals surface area (Å²) in [5.41, 5.74) is 1.66. The van der Waals surface area contributed by atoms with Crippen LogP contribution in [-0.4, -0.2) is 61.8 Å². The van der Waals surface area contributed by atoms with Crippen LogP contribution in [0.5, 0.6) is 5.75 Å². The molecule has 0 radical (unpaired) electrons. The lowest BCUT2D eigenvalue weighted by Gasteiger charge is -2.35. The highest BCUT2D eigenvalue weighted by atomic mass is 16.5. The maximum absolute atomic E-state index is 13.0. The van der Waals surface area contributed by atoms with Crippen LogP contribution in [0.1, 0.15) is 52.1 Å². The third kappa shape index (κ3) is 6.50. The number of nitrogens with one attached hydrogen (secondary N) is 2. The van der Waals surface area contributed by atoms with Crippen molar-refractivity contribution in [2.45, 2.75) is 52.7 Å². The fourth-order valence-corrected chi connectivity index (χ4v) is 4.26. The Morgan fingerprint density at radius 1 is 1.06 bits per heavy atom. The van der Waals surface area contributed by atoms with Gasteiger partial charge < -0.3 is 24.8 Å². The lowest BCUT2D eigenvalue weighted by Crippen LogP contribution is -2.49. The summed E-state index contributed by atoms with van der Waals surface area (Å²) in [6, 6.07) is 6.31. The van der Waals surface area contributed by atoms with Crippen molar-refractivity contribution in [3.8, 4) is 5.75 Å². The van der Waals surface area contributed by atoms with E-state index in [2.05, 4.69) is 15.5 Å². The van der Waals surface area contributed by atoms with Gasteiger partial charge in [-0.3, -0.25) is 9.69 Å². The predicted octanol–water partition coefficient (Wildman–Crippen LogP) is 2.92. The topological polar surface area (TPSA) is 106 Å². The van der Waals surface area contributed by atoms with Gasteiger partial charge in [0.1, 0.15) is 5.75 Å². The molecular weight excluding hydrogens is 438 g/mol. The Kier molecular flexibility index (Phi) is 8.92. The van der Waals surface area contributed by atoms with Crippen LogP contribution >= 0.6 is 0 Å².